The van der Waals surface area contributed by atoms with Crippen molar-refractivity contribution in [2.75, 3.05) is 17.1 Å². The summed E-state index contributed by atoms with van der Waals surface area (Å²) in [5.74, 6) is -0.587. The number of carbonyl (C=O) groups excluding carboxylic acids is 1. The average Bonchev–Trinajstić information content (AvgIpc) is 2.79. The summed E-state index contributed by atoms with van der Waals surface area (Å²) in [4.78, 5) is 13.1. The summed E-state index contributed by atoms with van der Waals surface area (Å²) in [5, 5.41) is 3.12. The fraction of sp³-hybridized carbons (Fsp3) is 0.208. The Morgan fingerprint density at radius 1 is 0.914 bits per heavy atom. The number of sulfonamides is 1. The molecular formula is C24H24Cl2N2O5S2. The minimum absolute atomic E-state index is 0.00338. The minimum atomic E-state index is -4.16. The summed E-state index contributed by atoms with van der Waals surface area (Å²) in [6.07, 6.45) is 1.11. The highest BCUT2D eigenvalue weighted by Crippen LogP contribution is 2.33. The molecule has 11 heteroatoms. The van der Waals surface area contributed by atoms with Crippen molar-refractivity contribution in [2.45, 2.75) is 29.7 Å². The van der Waals surface area contributed by atoms with E-state index in [9.17, 15) is 21.6 Å². The standard InChI is InChI=1S/C24H24Cl2N2O5S2/c1-16-4-9-21(10-5-16)35(32,33)28(23-14-19(25)8-13-22(23)26)15-24(29)27-17(2)18-6-11-20(12-7-18)34(3,30)31/h4-14,17H,15H2,1-3H3,(H,27,29). The zero-order valence-corrected chi connectivity index (χ0v) is 22.3. The number of nitrogens with zero attached hydrogens (tertiary/aromatic N) is 1. The van der Waals surface area contributed by atoms with Crippen LogP contribution in [0.15, 0.2) is 76.5 Å². The molecule has 186 valence electrons. The first-order valence-corrected chi connectivity index (χ1v) is 14.5. The van der Waals surface area contributed by atoms with Crippen LogP contribution in [0, 0.1) is 6.92 Å². The Morgan fingerprint density at radius 3 is 2.06 bits per heavy atom. The predicted molar refractivity (Wildman–Crippen MR) is 138 cm³/mol. The second-order valence-corrected chi connectivity index (χ2v) is 12.8. The van der Waals surface area contributed by atoms with Gasteiger partial charge in [0.2, 0.25) is 5.91 Å². The lowest BCUT2D eigenvalue weighted by Crippen LogP contribution is -2.41. The minimum Gasteiger partial charge on any atom is -0.348 e. The number of benzene rings is 3. The van der Waals surface area contributed by atoms with Crippen molar-refractivity contribution in [1.29, 1.82) is 0 Å². The van der Waals surface area contributed by atoms with Gasteiger partial charge in [0, 0.05) is 11.3 Å². The highest BCUT2D eigenvalue weighted by Gasteiger charge is 2.29. The lowest BCUT2D eigenvalue weighted by molar-refractivity contribution is -0.120. The molecule has 1 N–H and O–H groups in total. The third-order valence-corrected chi connectivity index (χ3v) is 8.72. The SMILES string of the molecule is Cc1ccc(S(=O)(=O)N(CC(=O)NC(C)c2ccc(S(C)(=O)=O)cc2)c2cc(Cl)ccc2Cl)cc1. The van der Waals surface area contributed by atoms with Crippen molar-refractivity contribution >= 4 is 54.7 Å². The van der Waals surface area contributed by atoms with E-state index in [1.54, 1.807) is 31.2 Å². The molecule has 0 saturated heterocycles. The summed E-state index contributed by atoms with van der Waals surface area (Å²) >= 11 is 12.4. The first-order chi connectivity index (χ1) is 16.3. The van der Waals surface area contributed by atoms with E-state index in [2.05, 4.69) is 5.32 Å². The highest BCUT2D eigenvalue weighted by molar-refractivity contribution is 7.93. The van der Waals surface area contributed by atoms with Gasteiger partial charge in [-0.05, 0) is 61.9 Å². The number of carbonyl (C=O) groups is 1. The first-order valence-electron chi connectivity index (χ1n) is 10.4. The molecule has 0 fully saturated rings. The van der Waals surface area contributed by atoms with E-state index in [0.717, 1.165) is 16.1 Å². The van der Waals surface area contributed by atoms with Gasteiger partial charge in [0.25, 0.3) is 10.0 Å². The van der Waals surface area contributed by atoms with Gasteiger partial charge in [-0.3, -0.25) is 9.10 Å². The molecule has 0 saturated carbocycles. The van der Waals surface area contributed by atoms with E-state index >= 15 is 0 Å². The van der Waals surface area contributed by atoms with Gasteiger partial charge in [-0.25, -0.2) is 16.8 Å². The second kappa shape index (κ2) is 10.6. The first kappa shape index (κ1) is 27.0. The summed E-state index contributed by atoms with van der Waals surface area (Å²) in [6, 6.07) is 16.2. The number of amides is 1. The fourth-order valence-electron chi connectivity index (χ4n) is 3.32. The monoisotopic (exact) mass is 554 g/mol. The molecule has 3 rings (SSSR count). The molecule has 0 heterocycles. The lowest BCUT2D eigenvalue weighted by atomic mass is 10.1. The van der Waals surface area contributed by atoms with Gasteiger partial charge in [0.1, 0.15) is 6.54 Å². The largest absolute Gasteiger partial charge is 0.348 e. The maximum absolute atomic E-state index is 13.5. The van der Waals surface area contributed by atoms with Crippen molar-refractivity contribution in [2.24, 2.45) is 0 Å². The molecule has 0 radical (unpaired) electrons. The fourth-order valence-corrected chi connectivity index (χ4v) is 5.82. The molecule has 7 nitrogen and oxygen atoms in total. The van der Waals surface area contributed by atoms with E-state index in [4.69, 9.17) is 23.2 Å². The molecule has 3 aromatic carbocycles. The number of anilines is 1. The predicted octanol–water partition coefficient (Wildman–Crippen LogP) is 4.78. The zero-order chi connectivity index (χ0) is 26.0. The van der Waals surface area contributed by atoms with Crippen LogP contribution < -0.4 is 9.62 Å². The van der Waals surface area contributed by atoms with Gasteiger partial charge in [-0.1, -0.05) is 53.0 Å². The maximum Gasteiger partial charge on any atom is 0.264 e. The Hall–Kier alpha value is -2.59. The van der Waals surface area contributed by atoms with Gasteiger partial charge < -0.3 is 5.32 Å². The number of hydrogen-bond acceptors (Lipinski definition) is 5. The Kier molecular flexibility index (Phi) is 8.16. The van der Waals surface area contributed by atoms with Crippen LogP contribution >= 0.6 is 23.2 Å². The third-order valence-electron chi connectivity index (χ3n) is 5.26. The van der Waals surface area contributed by atoms with Crippen LogP contribution in [0.1, 0.15) is 24.1 Å². The number of aryl methyl sites for hydroxylation is 1. The molecular weight excluding hydrogens is 531 g/mol. The van der Waals surface area contributed by atoms with Crippen LogP contribution in [-0.2, 0) is 24.7 Å². The summed E-state index contributed by atoms with van der Waals surface area (Å²) in [6.45, 7) is 2.99. The summed E-state index contributed by atoms with van der Waals surface area (Å²) in [7, 11) is -7.52. The molecule has 1 amide bonds. The van der Waals surface area contributed by atoms with Gasteiger partial charge in [0.15, 0.2) is 9.84 Å². The van der Waals surface area contributed by atoms with Gasteiger partial charge in [0.05, 0.1) is 26.5 Å². The highest BCUT2D eigenvalue weighted by atomic mass is 35.5. The molecule has 0 aliphatic heterocycles. The van der Waals surface area contributed by atoms with E-state index in [1.807, 2.05) is 6.92 Å². The van der Waals surface area contributed by atoms with Gasteiger partial charge >= 0.3 is 0 Å². The van der Waals surface area contributed by atoms with Crippen molar-refractivity contribution in [3.05, 3.63) is 87.9 Å². The Bertz CT molecular complexity index is 1440. The van der Waals surface area contributed by atoms with Gasteiger partial charge in [-0.2, -0.15) is 0 Å². The summed E-state index contributed by atoms with van der Waals surface area (Å²) in [5.41, 5.74) is 1.60. The second-order valence-electron chi connectivity index (χ2n) is 8.05. The van der Waals surface area contributed by atoms with Crippen molar-refractivity contribution in [3.8, 4) is 0 Å². The van der Waals surface area contributed by atoms with Crippen LogP contribution in [0.2, 0.25) is 10.0 Å². The Balaban J connectivity index is 1.90. The molecule has 3 aromatic rings. The van der Waals surface area contributed by atoms with Crippen molar-refractivity contribution in [3.63, 3.8) is 0 Å². The van der Waals surface area contributed by atoms with E-state index < -0.39 is 38.4 Å². The van der Waals surface area contributed by atoms with Gasteiger partial charge in [-0.15, -0.1) is 0 Å². The zero-order valence-electron chi connectivity index (χ0n) is 19.2. The molecule has 0 aliphatic rings. The molecule has 0 spiro atoms. The average molecular weight is 556 g/mol. The molecule has 1 unspecified atom stereocenters. The summed E-state index contributed by atoms with van der Waals surface area (Å²) < 4.78 is 51.3. The molecule has 0 aromatic heterocycles. The Labute approximate surface area is 215 Å². The molecule has 0 aliphatic carbocycles. The molecule has 1 atom stereocenters. The van der Waals surface area contributed by atoms with Crippen LogP contribution in [0.3, 0.4) is 0 Å². The smallest absolute Gasteiger partial charge is 0.264 e. The number of rotatable bonds is 8. The number of nitrogens with one attached hydrogen (secondary N) is 1. The van der Waals surface area contributed by atoms with E-state index in [1.165, 1.54) is 42.5 Å². The number of sulfone groups is 1. The van der Waals surface area contributed by atoms with E-state index in [0.29, 0.717) is 5.56 Å². The third kappa shape index (κ3) is 6.55. The van der Waals surface area contributed by atoms with Crippen LogP contribution in [0.25, 0.3) is 0 Å². The quantitative estimate of drug-likeness (QED) is 0.431. The Morgan fingerprint density at radius 2 is 1.49 bits per heavy atom. The van der Waals surface area contributed by atoms with E-state index in [-0.39, 0.29) is 25.5 Å². The number of halogens is 2. The number of hydrogen-bond donors (Lipinski definition) is 1. The normalized spacial score (nSPS) is 12.7. The van der Waals surface area contributed by atoms with Crippen molar-refractivity contribution in [1.82, 2.24) is 5.32 Å². The van der Waals surface area contributed by atoms with Crippen LogP contribution in [0.4, 0.5) is 5.69 Å². The molecule has 35 heavy (non-hydrogen) atoms. The lowest BCUT2D eigenvalue weighted by Gasteiger charge is -2.26. The topological polar surface area (TPSA) is 101 Å². The van der Waals surface area contributed by atoms with Crippen LogP contribution in [-0.4, -0.2) is 35.5 Å². The maximum atomic E-state index is 13.5. The molecule has 0 bridgehead atoms. The van der Waals surface area contributed by atoms with Crippen molar-refractivity contribution < 1.29 is 21.6 Å². The van der Waals surface area contributed by atoms with Crippen LogP contribution in [0.5, 0.6) is 0 Å².